The highest BCUT2D eigenvalue weighted by atomic mass is 35.5. The first-order valence-corrected chi connectivity index (χ1v) is 9.22. The van der Waals surface area contributed by atoms with Gasteiger partial charge in [-0.1, -0.05) is 45.1 Å². The number of aryl methyl sites for hydroxylation is 1. The van der Waals surface area contributed by atoms with Gasteiger partial charge in [0.1, 0.15) is 6.04 Å². The number of aliphatic hydroxyl groups excluding tert-OH is 1. The average Bonchev–Trinajstić information content (AvgIpc) is 3.00. The molecule has 1 heterocycles. The van der Waals surface area contributed by atoms with E-state index in [1.807, 2.05) is 18.2 Å². The molecule has 0 radical (unpaired) electrons. The molecule has 1 aliphatic heterocycles. The molecule has 0 aromatic heterocycles. The maximum Gasteiger partial charge on any atom is 0.244 e. The average molecular weight is 370 g/mol. The Morgan fingerprint density at radius 2 is 2.00 bits per heavy atom. The minimum Gasteiger partial charge on any atom is -0.397 e. The Morgan fingerprint density at radius 3 is 2.68 bits per heavy atom. The number of carbonyl (C=O) groups is 1. The molecular formula is C19H32ClN3O2. The van der Waals surface area contributed by atoms with Gasteiger partial charge < -0.3 is 21.5 Å². The molecule has 0 spiro atoms. The molecule has 142 valence electrons. The van der Waals surface area contributed by atoms with Crippen molar-refractivity contribution >= 4 is 29.7 Å². The summed E-state index contributed by atoms with van der Waals surface area (Å²) < 4.78 is 0. The molecular weight excluding hydrogens is 338 g/mol. The van der Waals surface area contributed by atoms with Gasteiger partial charge in [0.2, 0.25) is 5.91 Å². The van der Waals surface area contributed by atoms with Crippen LogP contribution in [0, 0.1) is 0 Å². The summed E-state index contributed by atoms with van der Waals surface area (Å²) >= 11 is 0. The summed E-state index contributed by atoms with van der Waals surface area (Å²) in [6, 6.07) is 5.28. The summed E-state index contributed by atoms with van der Waals surface area (Å²) in [5.74, 6) is -0.219. The fraction of sp³-hybridized carbons (Fsp3) is 0.632. The molecule has 1 saturated heterocycles. The number of nitrogens with two attached hydrogens (primary N) is 1. The second-order valence-corrected chi connectivity index (χ2v) is 6.72. The number of unbranched alkanes of at least 4 members (excludes halogenated alkanes) is 5. The van der Waals surface area contributed by atoms with Crippen molar-refractivity contribution in [3.05, 3.63) is 23.8 Å². The standard InChI is InChI=1S/C19H31N3O2.ClH/c1-2-3-4-5-6-7-8-14-9-10-15(20)16(13-14)22-19(24)18-17(23)11-12-21-18;/h9-10,13,17-18,21,23H,2-8,11-12,20H2,1H3,(H,22,24);1H/t17-,18-;/m0./s1. The first-order chi connectivity index (χ1) is 11.6. The molecule has 5 N–H and O–H groups in total. The quantitative estimate of drug-likeness (QED) is 0.397. The number of aliphatic hydroxyl groups is 1. The van der Waals surface area contributed by atoms with Crippen LogP contribution in [-0.4, -0.2) is 29.7 Å². The molecule has 1 aromatic rings. The van der Waals surface area contributed by atoms with Crippen molar-refractivity contribution in [2.24, 2.45) is 0 Å². The first-order valence-electron chi connectivity index (χ1n) is 9.22. The lowest BCUT2D eigenvalue weighted by Gasteiger charge is -2.16. The van der Waals surface area contributed by atoms with E-state index in [0.29, 0.717) is 24.3 Å². The van der Waals surface area contributed by atoms with Crippen molar-refractivity contribution in [1.29, 1.82) is 0 Å². The number of nitrogens with one attached hydrogen (secondary N) is 2. The molecule has 2 rings (SSSR count). The highest BCUT2D eigenvalue weighted by Gasteiger charge is 2.31. The number of anilines is 2. The van der Waals surface area contributed by atoms with E-state index in [0.717, 1.165) is 12.8 Å². The van der Waals surface area contributed by atoms with E-state index in [2.05, 4.69) is 17.6 Å². The number of amides is 1. The number of carbonyl (C=O) groups excluding carboxylic acids is 1. The molecule has 0 aliphatic carbocycles. The minimum atomic E-state index is -0.627. The highest BCUT2D eigenvalue weighted by Crippen LogP contribution is 2.22. The van der Waals surface area contributed by atoms with Gasteiger partial charge in [-0.2, -0.15) is 0 Å². The normalized spacial score (nSPS) is 19.4. The maximum atomic E-state index is 12.3. The maximum absolute atomic E-state index is 12.3. The van der Waals surface area contributed by atoms with Gasteiger partial charge in [0.05, 0.1) is 17.5 Å². The second-order valence-electron chi connectivity index (χ2n) is 6.72. The lowest BCUT2D eigenvalue weighted by Crippen LogP contribution is -2.42. The van der Waals surface area contributed by atoms with Crippen LogP contribution in [0.5, 0.6) is 0 Å². The van der Waals surface area contributed by atoms with Crippen LogP contribution in [0.25, 0.3) is 0 Å². The second kappa shape index (κ2) is 11.3. The van der Waals surface area contributed by atoms with Gasteiger partial charge in [-0.15, -0.1) is 12.4 Å². The van der Waals surface area contributed by atoms with E-state index in [4.69, 9.17) is 5.73 Å². The van der Waals surface area contributed by atoms with Gasteiger partial charge >= 0.3 is 0 Å². The van der Waals surface area contributed by atoms with Crippen LogP contribution in [-0.2, 0) is 11.2 Å². The molecule has 1 fully saturated rings. The first kappa shape index (κ1) is 21.7. The number of halogens is 1. The van der Waals surface area contributed by atoms with Crippen LogP contribution in [0.1, 0.15) is 57.4 Å². The van der Waals surface area contributed by atoms with E-state index in [-0.39, 0.29) is 18.3 Å². The Labute approximate surface area is 157 Å². The molecule has 1 amide bonds. The third kappa shape index (κ3) is 6.84. The van der Waals surface area contributed by atoms with E-state index in [9.17, 15) is 9.90 Å². The molecule has 0 saturated carbocycles. The molecule has 1 aliphatic rings. The van der Waals surface area contributed by atoms with E-state index < -0.39 is 12.1 Å². The van der Waals surface area contributed by atoms with Crippen molar-refractivity contribution in [3.63, 3.8) is 0 Å². The summed E-state index contributed by atoms with van der Waals surface area (Å²) in [5, 5.41) is 15.7. The zero-order valence-corrected chi connectivity index (χ0v) is 15.9. The van der Waals surface area contributed by atoms with Crippen LogP contribution in [0.2, 0.25) is 0 Å². The summed E-state index contributed by atoms with van der Waals surface area (Å²) in [6.45, 7) is 2.89. The SMILES string of the molecule is CCCCCCCCc1ccc(N)c(NC(=O)[C@H]2NCC[C@@H]2O)c1.Cl. The third-order valence-corrected chi connectivity index (χ3v) is 4.67. The summed E-state index contributed by atoms with van der Waals surface area (Å²) in [6.07, 6.45) is 8.57. The van der Waals surface area contributed by atoms with E-state index >= 15 is 0 Å². The molecule has 1 aromatic carbocycles. The molecule has 6 heteroatoms. The Morgan fingerprint density at radius 1 is 1.28 bits per heavy atom. The summed E-state index contributed by atoms with van der Waals surface area (Å²) in [4.78, 5) is 12.3. The van der Waals surface area contributed by atoms with Gasteiger partial charge in [0.15, 0.2) is 0 Å². The molecule has 0 unspecified atom stereocenters. The monoisotopic (exact) mass is 369 g/mol. The molecule has 2 atom stereocenters. The topological polar surface area (TPSA) is 87.4 Å². The van der Waals surface area contributed by atoms with Gasteiger partial charge in [0, 0.05) is 0 Å². The number of nitrogen functional groups attached to an aromatic ring is 1. The summed E-state index contributed by atoms with van der Waals surface area (Å²) in [5.41, 5.74) is 8.37. The Balaban J connectivity index is 0.00000312. The van der Waals surface area contributed by atoms with E-state index in [1.54, 1.807) is 0 Å². The zero-order valence-electron chi connectivity index (χ0n) is 15.1. The minimum absolute atomic E-state index is 0. The fourth-order valence-electron chi connectivity index (χ4n) is 3.14. The Hall–Kier alpha value is -1.30. The number of hydrogen-bond acceptors (Lipinski definition) is 4. The number of benzene rings is 1. The van der Waals surface area contributed by atoms with Crippen molar-refractivity contribution in [1.82, 2.24) is 5.32 Å². The third-order valence-electron chi connectivity index (χ3n) is 4.67. The van der Waals surface area contributed by atoms with Gasteiger partial charge in [-0.3, -0.25) is 4.79 Å². The zero-order chi connectivity index (χ0) is 17.4. The highest BCUT2D eigenvalue weighted by molar-refractivity contribution is 5.98. The van der Waals surface area contributed by atoms with Crippen molar-refractivity contribution in [3.8, 4) is 0 Å². The van der Waals surface area contributed by atoms with Crippen molar-refractivity contribution in [2.75, 3.05) is 17.6 Å². The van der Waals surface area contributed by atoms with Crippen molar-refractivity contribution < 1.29 is 9.90 Å². The predicted molar refractivity (Wildman–Crippen MR) is 106 cm³/mol. The smallest absolute Gasteiger partial charge is 0.244 e. The van der Waals surface area contributed by atoms with Crippen LogP contribution in [0.15, 0.2) is 18.2 Å². The molecule has 0 bridgehead atoms. The largest absolute Gasteiger partial charge is 0.397 e. The fourth-order valence-corrected chi connectivity index (χ4v) is 3.14. The lowest BCUT2D eigenvalue weighted by atomic mass is 10.0. The van der Waals surface area contributed by atoms with Crippen LogP contribution in [0.3, 0.4) is 0 Å². The van der Waals surface area contributed by atoms with Crippen LogP contribution < -0.4 is 16.4 Å². The predicted octanol–water partition coefficient (Wildman–Crippen LogP) is 3.25. The van der Waals surface area contributed by atoms with Crippen LogP contribution >= 0.6 is 12.4 Å². The Bertz CT molecular complexity index is 539. The Kier molecular flexibility index (Phi) is 9.86. The molecule has 25 heavy (non-hydrogen) atoms. The van der Waals surface area contributed by atoms with Gasteiger partial charge in [-0.25, -0.2) is 0 Å². The van der Waals surface area contributed by atoms with Crippen LogP contribution in [0.4, 0.5) is 11.4 Å². The lowest BCUT2D eigenvalue weighted by molar-refractivity contribution is -0.119. The van der Waals surface area contributed by atoms with Crippen molar-refractivity contribution in [2.45, 2.75) is 70.4 Å². The number of rotatable bonds is 9. The number of hydrogen-bond donors (Lipinski definition) is 4. The van der Waals surface area contributed by atoms with Gasteiger partial charge in [-0.05, 0) is 43.5 Å². The van der Waals surface area contributed by atoms with E-state index in [1.165, 1.54) is 37.7 Å². The molecule has 5 nitrogen and oxygen atoms in total. The summed E-state index contributed by atoms with van der Waals surface area (Å²) in [7, 11) is 0. The van der Waals surface area contributed by atoms with Gasteiger partial charge in [0.25, 0.3) is 0 Å².